The lowest BCUT2D eigenvalue weighted by Gasteiger charge is -2.07. The molecular formula is C14H17NO2. The van der Waals surface area contributed by atoms with E-state index >= 15 is 0 Å². The van der Waals surface area contributed by atoms with E-state index in [2.05, 4.69) is 11.9 Å². The molecule has 2 N–H and O–H groups in total. The number of aromatic hydroxyl groups is 2. The van der Waals surface area contributed by atoms with Crippen molar-refractivity contribution in [3.63, 3.8) is 0 Å². The van der Waals surface area contributed by atoms with Crippen molar-refractivity contribution in [1.82, 2.24) is 4.98 Å². The Hall–Kier alpha value is -1.77. The number of benzene rings is 1. The molecule has 2 aromatic rings. The minimum absolute atomic E-state index is 0.0804. The fraction of sp³-hybridized carbons (Fsp3) is 0.357. The van der Waals surface area contributed by atoms with Crippen LogP contribution in [-0.4, -0.2) is 15.2 Å². The molecule has 0 aliphatic heterocycles. The molecule has 1 aromatic heterocycles. The van der Waals surface area contributed by atoms with Gasteiger partial charge in [0.15, 0.2) is 11.5 Å². The number of aryl methyl sites for hydroxylation is 1. The highest BCUT2D eigenvalue weighted by molar-refractivity contribution is 5.87. The maximum Gasteiger partial charge on any atom is 0.158 e. The van der Waals surface area contributed by atoms with Crippen molar-refractivity contribution in [3.8, 4) is 11.5 Å². The number of rotatable bonds is 4. The predicted molar refractivity (Wildman–Crippen MR) is 68.3 cm³/mol. The largest absolute Gasteiger partial charge is 0.504 e. The van der Waals surface area contributed by atoms with Crippen molar-refractivity contribution in [2.24, 2.45) is 0 Å². The van der Waals surface area contributed by atoms with Gasteiger partial charge >= 0.3 is 0 Å². The molecule has 0 spiro atoms. The first kappa shape index (κ1) is 11.7. The summed E-state index contributed by atoms with van der Waals surface area (Å²) in [5.41, 5.74) is 0.992. The lowest BCUT2D eigenvalue weighted by Crippen LogP contribution is -1.92. The van der Waals surface area contributed by atoms with Gasteiger partial charge in [-0.1, -0.05) is 19.8 Å². The average Bonchev–Trinajstić information content (AvgIpc) is 2.32. The van der Waals surface area contributed by atoms with Crippen LogP contribution in [0.1, 0.15) is 31.9 Å². The van der Waals surface area contributed by atoms with Gasteiger partial charge in [0, 0.05) is 17.3 Å². The number of aromatic nitrogens is 1. The van der Waals surface area contributed by atoms with Gasteiger partial charge in [-0.25, -0.2) is 0 Å². The maximum atomic E-state index is 9.54. The van der Waals surface area contributed by atoms with Crippen molar-refractivity contribution < 1.29 is 10.2 Å². The van der Waals surface area contributed by atoms with E-state index in [1.54, 1.807) is 18.3 Å². The van der Waals surface area contributed by atoms with Gasteiger partial charge in [-0.15, -0.1) is 0 Å². The molecular weight excluding hydrogens is 214 g/mol. The molecule has 3 heteroatoms. The number of pyridine rings is 1. The van der Waals surface area contributed by atoms with Crippen LogP contribution in [0.3, 0.4) is 0 Å². The Balaban J connectivity index is 2.38. The van der Waals surface area contributed by atoms with E-state index in [1.165, 1.54) is 12.8 Å². The third kappa shape index (κ3) is 2.49. The van der Waals surface area contributed by atoms with Crippen molar-refractivity contribution >= 4 is 10.8 Å². The molecule has 0 amide bonds. The van der Waals surface area contributed by atoms with E-state index in [9.17, 15) is 10.2 Å². The first-order valence-corrected chi connectivity index (χ1v) is 6.02. The molecule has 17 heavy (non-hydrogen) atoms. The highest BCUT2D eigenvalue weighted by atomic mass is 16.3. The van der Waals surface area contributed by atoms with Crippen LogP contribution in [0.15, 0.2) is 24.4 Å². The lowest BCUT2D eigenvalue weighted by atomic mass is 10.0. The minimum atomic E-state index is -0.0813. The summed E-state index contributed by atoms with van der Waals surface area (Å²) in [6.07, 6.45) is 6.12. The normalized spacial score (nSPS) is 10.9. The number of unbranched alkanes of at least 4 members (excludes halogenated alkanes) is 2. The van der Waals surface area contributed by atoms with Crippen LogP contribution >= 0.6 is 0 Å². The second kappa shape index (κ2) is 5.04. The molecule has 0 unspecified atom stereocenters. The van der Waals surface area contributed by atoms with E-state index in [1.807, 2.05) is 6.07 Å². The summed E-state index contributed by atoms with van der Waals surface area (Å²) in [4.78, 5) is 4.36. The number of hydrogen-bond acceptors (Lipinski definition) is 3. The van der Waals surface area contributed by atoms with Crippen LogP contribution in [0.2, 0.25) is 0 Å². The topological polar surface area (TPSA) is 53.4 Å². The van der Waals surface area contributed by atoms with E-state index in [4.69, 9.17) is 0 Å². The summed E-state index contributed by atoms with van der Waals surface area (Å²) >= 11 is 0. The second-order valence-corrected chi connectivity index (χ2v) is 4.28. The molecule has 0 atom stereocenters. The smallest absolute Gasteiger partial charge is 0.158 e. The number of fused-ring (bicyclic) bond motifs is 1. The first-order chi connectivity index (χ1) is 8.22. The van der Waals surface area contributed by atoms with Gasteiger partial charge in [-0.2, -0.15) is 0 Å². The fourth-order valence-corrected chi connectivity index (χ4v) is 2.00. The van der Waals surface area contributed by atoms with Gasteiger partial charge in [-0.05, 0) is 36.4 Å². The Morgan fingerprint density at radius 1 is 1.12 bits per heavy atom. The lowest BCUT2D eigenvalue weighted by molar-refractivity contribution is 0.405. The Labute approximate surface area is 101 Å². The van der Waals surface area contributed by atoms with E-state index in [0.29, 0.717) is 0 Å². The monoisotopic (exact) mass is 231 g/mol. The molecule has 0 saturated carbocycles. The summed E-state index contributed by atoms with van der Waals surface area (Å²) in [5, 5.41) is 20.8. The zero-order valence-electron chi connectivity index (χ0n) is 9.98. The molecule has 2 rings (SSSR count). The fourth-order valence-electron chi connectivity index (χ4n) is 2.00. The van der Waals surface area contributed by atoms with E-state index in [0.717, 1.165) is 29.3 Å². The van der Waals surface area contributed by atoms with Crippen LogP contribution in [0.25, 0.3) is 10.8 Å². The van der Waals surface area contributed by atoms with Crippen molar-refractivity contribution in [2.45, 2.75) is 32.6 Å². The summed E-state index contributed by atoms with van der Waals surface area (Å²) in [5.74, 6) is -0.162. The van der Waals surface area contributed by atoms with Gasteiger partial charge in [0.25, 0.3) is 0 Å². The molecule has 1 aromatic carbocycles. The highest BCUT2D eigenvalue weighted by Crippen LogP contribution is 2.31. The van der Waals surface area contributed by atoms with Gasteiger partial charge in [0.2, 0.25) is 0 Å². The van der Waals surface area contributed by atoms with Crippen LogP contribution in [0.5, 0.6) is 11.5 Å². The van der Waals surface area contributed by atoms with Crippen molar-refractivity contribution in [1.29, 1.82) is 0 Å². The Bertz CT molecular complexity index is 523. The van der Waals surface area contributed by atoms with Crippen LogP contribution in [0, 0.1) is 0 Å². The SMILES string of the molecule is CCCCCc1nccc2cc(O)c(O)cc12. The van der Waals surface area contributed by atoms with E-state index in [-0.39, 0.29) is 11.5 Å². The van der Waals surface area contributed by atoms with Gasteiger partial charge in [-0.3, -0.25) is 4.98 Å². The zero-order valence-corrected chi connectivity index (χ0v) is 9.98. The highest BCUT2D eigenvalue weighted by Gasteiger charge is 2.06. The Morgan fingerprint density at radius 2 is 1.88 bits per heavy atom. The predicted octanol–water partition coefficient (Wildman–Crippen LogP) is 3.38. The third-order valence-electron chi connectivity index (χ3n) is 2.96. The summed E-state index contributed by atoms with van der Waals surface area (Å²) < 4.78 is 0. The number of phenolic OH excluding ortho intramolecular Hbond substituents is 2. The molecule has 1 heterocycles. The van der Waals surface area contributed by atoms with Gasteiger partial charge < -0.3 is 10.2 Å². The maximum absolute atomic E-state index is 9.54. The van der Waals surface area contributed by atoms with Crippen molar-refractivity contribution in [3.05, 3.63) is 30.1 Å². The van der Waals surface area contributed by atoms with Crippen LogP contribution < -0.4 is 0 Å². The third-order valence-corrected chi connectivity index (χ3v) is 2.96. The molecule has 3 nitrogen and oxygen atoms in total. The van der Waals surface area contributed by atoms with E-state index < -0.39 is 0 Å². The van der Waals surface area contributed by atoms with Gasteiger partial charge in [0.1, 0.15) is 0 Å². The van der Waals surface area contributed by atoms with Crippen LogP contribution in [0.4, 0.5) is 0 Å². The second-order valence-electron chi connectivity index (χ2n) is 4.28. The van der Waals surface area contributed by atoms with Crippen molar-refractivity contribution in [2.75, 3.05) is 0 Å². The molecule has 0 radical (unpaired) electrons. The molecule has 0 aliphatic carbocycles. The zero-order chi connectivity index (χ0) is 12.3. The number of hydrogen-bond donors (Lipinski definition) is 2. The molecule has 0 aliphatic rings. The molecule has 0 saturated heterocycles. The summed E-state index contributed by atoms with van der Waals surface area (Å²) in [7, 11) is 0. The van der Waals surface area contributed by atoms with Crippen LogP contribution in [-0.2, 0) is 6.42 Å². The number of nitrogens with zero attached hydrogens (tertiary/aromatic N) is 1. The molecule has 0 bridgehead atoms. The standard InChI is InChI=1S/C14H17NO2/c1-2-3-4-5-12-11-9-14(17)13(16)8-10(11)6-7-15-12/h6-9,16-17H,2-5H2,1H3. The Morgan fingerprint density at radius 3 is 2.65 bits per heavy atom. The minimum Gasteiger partial charge on any atom is -0.504 e. The summed E-state index contributed by atoms with van der Waals surface area (Å²) in [6.45, 7) is 2.17. The summed E-state index contributed by atoms with van der Waals surface area (Å²) in [6, 6.07) is 5.02. The Kier molecular flexibility index (Phi) is 3.47. The first-order valence-electron chi connectivity index (χ1n) is 6.02. The quantitative estimate of drug-likeness (QED) is 0.626. The number of phenols is 2. The molecule has 0 fully saturated rings. The van der Waals surface area contributed by atoms with Gasteiger partial charge in [0.05, 0.1) is 0 Å². The molecule has 90 valence electrons. The average molecular weight is 231 g/mol.